The average Bonchev–Trinajstić information content (AvgIpc) is 2.97. The van der Waals surface area contributed by atoms with E-state index < -0.39 is 34.3 Å². The lowest BCUT2D eigenvalue weighted by Crippen LogP contribution is -2.53. The summed E-state index contributed by atoms with van der Waals surface area (Å²) in [7, 11) is -2.66. The Morgan fingerprint density at radius 3 is 2.10 bits per heavy atom. The van der Waals surface area contributed by atoms with Crippen molar-refractivity contribution in [3.63, 3.8) is 0 Å². The first-order chi connectivity index (χ1) is 19.1. The summed E-state index contributed by atoms with van der Waals surface area (Å²) < 4.78 is 47.4. The second kappa shape index (κ2) is 13.9. The molecule has 0 aromatic heterocycles. The summed E-state index contributed by atoms with van der Waals surface area (Å²) in [5, 5.41) is 2.93. The summed E-state index contributed by atoms with van der Waals surface area (Å²) in [5.41, 5.74) is 0.864. The predicted octanol–water partition coefficient (Wildman–Crippen LogP) is 4.75. The van der Waals surface area contributed by atoms with Gasteiger partial charge in [-0.05, 0) is 73.9 Å². The Balaban J connectivity index is 2.04. The molecular weight excluding hydrogens is 533 g/mol. The van der Waals surface area contributed by atoms with Crippen LogP contribution < -0.4 is 14.4 Å². The first-order valence-electron chi connectivity index (χ1n) is 13.2. The average molecular weight is 570 g/mol. The molecule has 3 rings (SSSR count). The summed E-state index contributed by atoms with van der Waals surface area (Å²) in [6.45, 7) is 5.03. The highest BCUT2D eigenvalue weighted by Crippen LogP contribution is 2.26. The van der Waals surface area contributed by atoms with Crippen molar-refractivity contribution in [2.45, 2.75) is 57.1 Å². The molecule has 0 spiro atoms. The maximum absolute atomic E-state index is 14.0. The van der Waals surface area contributed by atoms with Gasteiger partial charge in [-0.25, -0.2) is 12.8 Å². The fourth-order valence-electron chi connectivity index (χ4n) is 4.14. The minimum absolute atomic E-state index is 0.00656. The standard InChI is InChI=1S/C30H36FN3O5S/c1-5-22(3)32-30(36)28(6-2)33(20-23-12-14-24(31)15-13-23)29(35)21-34(25-16-18-26(39-4)19-17-25)40(37,38)27-10-8-7-9-11-27/h7-19,22,28H,5-6,20-21H2,1-4H3,(H,32,36)/t22-,28-/m0/s1. The Kier molecular flexibility index (Phi) is 10.7. The zero-order chi connectivity index (χ0) is 29.3. The van der Waals surface area contributed by atoms with E-state index in [1.165, 1.54) is 48.4 Å². The maximum Gasteiger partial charge on any atom is 0.264 e. The number of anilines is 1. The molecule has 0 unspecified atom stereocenters. The third kappa shape index (κ3) is 7.59. The maximum atomic E-state index is 14.0. The van der Waals surface area contributed by atoms with Crippen molar-refractivity contribution in [1.82, 2.24) is 10.2 Å². The molecule has 0 aliphatic carbocycles. The number of methoxy groups -OCH3 is 1. The molecule has 214 valence electrons. The summed E-state index contributed by atoms with van der Waals surface area (Å²) in [6.07, 6.45) is 0.998. The van der Waals surface area contributed by atoms with Crippen LogP contribution in [0.4, 0.5) is 10.1 Å². The normalized spacial score (nSPS) is 12.7. The van der Waals surface area contributed by atoms with E-state index in [1.807, 2.05) is 13.8 Å². The van der Waals surface area contributed by atoms with Crippen LogP contribution in [0.3, 0.4) is 0 Å². The van der Waals surface area contributed by atoms with Crippen molar-refractivity contribution in [3.8, 4) is 5.75 Å². The third-order valence-corrected chi connectivity index (χ3v) is 8.41. The minimum atomic E-state index is -4.16. The van der Waals surface area contributed by atoms with Crippen LogP contribution in [0.5, 0.6) is 5.75 Å². The number of halogens is 1. The lowest BCUT2D eigenvalue weighted by atomic mass is 10.1. The van der Waals surface area contributed by atoms with E-state index in [9.17, 15) is 22.4 Å². The van der Waals surface area contributed by atoms with Gasteiger partial charge in [0.25, 0.3) is 10.0 Å². The molecular formula is C30H36FN3O5S. The number of nitrogens with one attached hydrogen (secondary N) is 1. The van der Waals surface area contributed by atoms with Gasteiger partial charge in [-0.1, -0.05) is 44.2 Å². The number of carbonyl (C=O) groups is 2. The van der Waals surface area contributed by atoms with Crippen molar-refractivity contribution in [2.24, 2.45) is 0 Å². The Hall–Kier alpha value is -3.92. The summed E-state index contributed by atoms with van der Waals surface area (Å²) in [6, 6.07) is 18.8. The molecule has 1 N–H and O–H groups in total. The molecule has 0 saturated carbocycles. The van der Waals surface area contributed by atoms with Gasteiger partial charge in [0.1, 0.15) is 24.2 Å². The molecule has 2 atom stereocenters. The number of rotatable bonds is 13. The van der Waals surface area contributed by atoms with Gasteiger partial charge < -0.3 is 15.0 Å². The van der Waals surface area contributed by atoms with E-state index >= 15 is 0 Å². The predicted molar refractivity (Wildman–Crippen MR) is 153 cm³/mol. The lowest BCUT2D eigenvalue weighted by Gasteiger charge is -2.33. The fourth-order valence-corrected chi connectivity index (χ4v) is 5.58. The number of hydrogen-bond acceptors (Lipinski definition) is 5. The van der Waals surface area contributed by atoms with E-state index in [4.69, 9.17) is 4.74 Å². The SMILES string of the molecule is CC[C@H](C)NC(=O)[C@H](CC)N(Cc1ccc(F)cc1)C(=O)CN(c1ccc(OC)cc1)S(=O)(=O)c1ccccc1. The Morgan fingerprint density at radius 2 is 1.55 bits per heavy atom. The van der Waals surface area contributed by atoms with Gasteiger partial charge in [-0.15, -0.1) is 0 Å². The third-order valence-electron chi connectivity index (χ3n) is 6.62. The van der Waals surface area contributed by atoms with E-state index in [0.29, 0.717) is 24.2 Å². The summed E-state index contributed by atoms with van der Waals surface area (Å²) >= 11 is 0. The minimum Gasteiger partial charge on any atom is -0.497 e. The van der Waals surface area contributed by atoms with Crippen LogP contribution in [0.15, 0.2) is 83.8 Å². The van der Waals surface area contributed by atoms with Gasteiger partial charge >= 0.3 is 0 Å². The molecule has 10 heteroatoms. The number of nitrogens with zero attached hydrogens (tertiary/aromatic N) is 2. The van der Waals surface area contributed by atoms with Crippen molar-refractivity contribution in [2.75, 3.05) is 18.0 Å². The molecule has 40 heavy (non-hydrogen) atoms. The van der Waals surface area contributed by atoms with Crippen LogP contribution in [0, 0.1) is 5.82 Å². The zero-order valence-corrected chi connectivity index (χ0v) is 24.0. The molecule has 8 nitrogen and oxygen atoms in total. The molecule has 0 radical (unpaired) electrons. The van der Waals surface area contributed by atoms with Gasteiger partial charge in [-0.2, -0.15) is 0 Å². The smallest absolute Gasteiger partial charge is 0.264 e. The lowest BCUT2D eigenvalue weighted by molar-refractivity contribution is -0.140. The van der Waals surface area contributed by atoms with Gasteiger partial charge in [0, 0.05) is 12.6 Å². The van der Waals surface area contributed by atoms with Crippen molar-refractivity contribution in [1.29, 1.82) is 0 Å². The number of hydrogen-bond donors (Lipinski definition) is 1. The van der Waals surface area contributed by atoms with E-state index in [1.54, 1.807) is 49.4 Å². The number of benzene rings is 3. The van der Waals surface area contributed by atoms with Crippen LogP contribution in [0.25, 0.3) is 0 Å². The van der Waals surface area contributed by atoms with Crippen molar-refractivity contribution < 1.29 is 27.1 Å². The van der Waals surface area contributed by atoms with Crippen molar-refractivity contribution >= 4 is 27.5 Å². The molecule has 0 aliphatic heterocycles. The van der Waals surface area contributed by atoms with Crippen LogP contribution in [-0.2, 0) is 26.2 Å². The Morgan fingerprint density at radius 1 is 0.925 bits per heavy atom. The van der Waals surface area contributed by atoms with Crippen LogP contribution in [0.2, 0.25) is 0 Å². The molecule has 0 saturated heterocycles. The van der Waals surface area contributed by atoms with Gasteiger partial charge in [0.15, 0.2) is 0 Å². The molecule has 3 aromatic carbocycles. The number of carbonyl (C=O) groups excluding carboxylic acids is 2. The molecule has 2 amide bonds. The summed E-state index contributed by atoms with van der Waals surface area (Å²) in [5.74, 6) is -0.819. The highest BCUT2D eigenvalue weighted by Gasteiger charge is 2.34. The Bertz CT molecular complexity index is 1370. The van der Waals surface area contributed by atoms with Gasteiger partial charge in [-0.3, -0.25) is 13.9 Å². The number of sulfonamides is 1. The summed E-state index contributed by atoms with van der Waals surface area (Å²) in [4.78, 5) is 28.7. The fraction of sp³-hybridized carbons (Fsp3) is 0.333. The first-order valence-corrected chi connectivity index (χ1v) is 14.6. The van der Waals surface area contributed by atoms with E-state index in [-0.39, 0.29) is 29.1 Å². The van der Waals surface area contributed by atoms with Gasteiger partial charge in [0.05, 0.1) is 17.7 Å². The van der Waals surface area contributed by atoms with E-state index in [2.05, 4.69) is 5.32 Å². The molecule has 3 aromatic rings. The molecule has 0 fully saturated rings. The van der Waals surface area contributed by atoms with Gasteiger partial charge in [0.2, 0.25) is 11.8 Å². The van der Waals surface area contributed by atoms with Crippen LogP contribution in [0.1, 0.15) is 39.2 Å². The first kappa shape index (κ1) is 30.6. The van der Waals surface area contributed by atoms with Crippen molar-refractivity contribution in [3.05, 3.63) is 90.2 Å². The largest absolute Gasteiger partial charge is 0.497 e. The zero-order valence-electron chi connectivity index (χ0n) is 23.2. The highest BCUT2D eigenvalue weighted by molar-refractivity contribution is 7.92. The number of ether oxygens (including phenoxy) is 1. The van der Waals surface area contributed by atoms with Crippen LogP contribution >= 0.6 is 0 Å². The van der Waals surface area contributed by atoms with Crippen LogP contribution in [-0.4, -0.2) is 50.9 Å². The topological polar surface area (TPSA) is 96.0 Å². The van der Waals surface area contributed by atoms with E-state index in [0.717, 1.165) is 4.31 Å². The molecule has 0 heterocycles. The Labute approximate surface area is 235 Å². The highest BCUT2D eigenvalue weighted by atomic mass is 32.2. The molecule has 0 aliphatic rings. The molecule has 0 bridgehead atoms. The number of amides is 2. The quantitative estimate of drug-likeness (QED) is 0.321. The second-order valence-corrected chi connectivity index (χ2v) is 11.3. The monoisotopic (exact) mass is 569 g/mol. The second-order valence-electron chi connectivity index (χ2n) is 9.41.